The van der Waals surface area contributed by atoms with Crippen molar-refractivity contribution in [2.75, 3.05) is 0 Å². The van der Waals surface area contributed by atoms with E-state index in [9.17, 15) is 0 Å². The van der Waals surface area contributed by atoms with Gasteiger partial charge in [0.2, 0.25) is 0 Å². The lowest BCUT2D eigenvalue weighted by molar-refractivity contribution is 0.00578. The fourth-order valence-corrected chi connectivity index (χ4v) is 18.8. The Labute approximate surface area is 673 Å². The third-order valence-electron chi connectivity index (χ3n) is 24.9. The van der Waals surface area contributed by atoms with Crippen LogP contribution < -0.4 is 5.46 Å². The van der Waals surface area contributed by atoms with Crippen LogP contribution in [-0.2, 0) is 20.1 Å². The lowest BCUT2D eigenvalue weighted by atomic mass is 9.66. The van der Waals surface area contributed by atoms with Gasteiger partial charge in [-0.05, 0) is 159 Å². The molecule has 1 saturated heterocycles. The van der Waals surface area contributed by atoms with Gasteiger partial charge in [-0.3, -0.25) is 0 Å². The van der Waals surface area contributed by atoms with E-state index in [2.05, 4.69) is 216 Å². The van der Waals surface area contributed by atoms with Gasteiger partial charge in [-0.15, -0.1) is 0 Å². The second-order valence-electron chi connectivity index (χ2n) is 32.0. The number of nitrogens with zero attached hydrogens (tertiary/aromatic N) is 6. The van der Waals surface area contributed by atoms with Crippen molar-refractivity contribution in [3.8, 4) is 124 Å². The molecule has 0 atom stereocenters. The van der Waals surface area contributed by atoms with Crippen LogP contribution >= 0.6 is 11.6 Å². The predicted molar refractivity (Wildman–Crippen MR) is 469 cm³/mol. The molecule has 1 aliphatic heterocycles. The topological polar surface area (TPSA) is 95.8 Å². The molecular formula is C104H86BClN6O2. The van der Waals surface area contributed by atoms with E-state index in [1.807, 2.05) is 140 Å². The van der Waals surface area contributed by atoms with Gasteiger partial charge < -0.3 is 9.31 Å². The zero-order valence-corrected chi connectivity index (χ0v) is 65.5. The highest BCUT2D eigenvalue weighted by atomic mass is 35.5. The molecule has 16 aromatic rings. The van der Waals surface area contributed by atoms with Crippen molar-refractivity contribution in [3.63, 3.8) is 0 Å². The fraction of sp³-hybridized carbons (Fsp3) is 0.173. The smallest absolute Gasteiger partial charge is 0.399 e. The van der Waals surface area contributed by atoms with Gasteiger partial charge >= 0.3 is 7.12 Å². The van der Waals surface area contributed by atoms with Crippen molar-refractivity contribution in [3.05, 3.63) is 355 Å². The summed E-state index contributed by atoms with van der Waals surface area (Å²) in [5, 5.41) is 5.46. The summed E-state index contributed by atoms with van der Waals surface area (Å²) in [6.45, 7) is 8.53. The largest absolute Gasteiger partial charge is 0.495 e. The molecule has 21 rings (SSSR count). The van der Waals surface area contributed by atoms with E-state index in [4.69, 9.17) is 50.8 Å². The molecule has 2 spiro atoms. The first kappa shape index (κ1) is 72.2. The van der Waals surface area contributed by atoms with Gasteiger partial charge in [0, 0.05) is 54.6 Å². The van der Waals surface area contributed by atoms with E-state index < -0.39 is 0 Å². The molecule has 0 radical (unpaired) electrons. The van der Waals surface area contributed by atoms with E-state index >= 15 is 0 Å². The van der Waals surface area contributed by atoms with Crippen LogP contribution in [0.5, 0.6) is 0 Å². The Hall–Kier alpha value is -12.1. The quantitative estimate of drug-likeness (QED) is 0.125. The van der Waals surface area contributed by atoms with Crippen molar-refractivity contribution < 1.29 is 9.31 Å². The highest BCUT2D eigenvalue weighted by molar-refractivity contribution is 6.64. The summed E-state index contributed by atoms with van der Waals surface area (Å²) in [5.74, 6) is 3.95. The number of benzene rings is 14. The molecule has 554 valence electrons. The van der Waals surface area contributed by atoms with Gasteiger partial charge in [0.1, 0.15) is 0 Å². The van der Waals surface area contributed by atoms with Crippen molar-refractivity contribution in [1.82, 2.24) is 29.9 Å². The first-order chi connectivity index (χ1) is 55.9. The Bertz CT molecular complexity index is 6130. The third kappa shape index (κ3) is 13.1. The third-order valence-corrected chi connectivity index (χ3v) is 25.3. The van der Waals surface area contributed by atoms with E-state index in [-0.39, 0.29) is 29.2 Å². The maximum absolute atomic E-state index is 6.44. The number of aromatic nitrogens is 6. The Morgan fingerprint density at radius 2 is 0.544 bits per heavy atom. The molecule has 0 unspecified atom stereocenters. The normalized spacial score (nSPS) is 15.6. The lowest BCUT2D eigenvalue weighted by Crippen LogP contribution is -2.41. The molecule has 3 heterocycles. The van der Waals surface area contributed by atoms with Gasteiger partial charge in [0.15, 0.2) is 34.9 Å². The molecule has 0 N–H and O–H groups in total. The standard InChI is InChI=1S/C49H37N3.C31H20ClN3.C24H29BO2/c1-4-15-34(16-5-1)46-50-47(35-17-6-2-7-18-35)52-48(51-46)36-27-25-33(26-28-36)37-29-30-40(39-20-9-8-19-38(37)39)41-22-14-24-44-45(41)42-21-10-11-23-43(42)49(44)31-12-3-13-32-49;32-28-20-19-25(26-13-7-8-14-27(26)28)21-15-17-24(18-16-21)31-34-29(22-9-3-1-4-10-22)33-30(35-31)23-11-5-2-6-12-23;1-22(2)23(3,4)27-25(26-22)20-14-10-13-19-21(20)17-11-6-7-12-18(17)24(19)15-8-5-9-16-24/h1-2,4-11,14-30H,3,12-13,31-32H2;1-20H;6-7,10-14H,5,8-9,15-16H2,1-4H3. The van der Waals surface area contributed by atoms with Gasteiger partial charge in [-0.1, -0.05) is 372 Å². The summed E-state index contributed by atoms with van der Waals surface area (Å²) in [6, 6.07) is 115. The van der Waals surface area contributed by atoms with Gasteiger partial charge in [0.25, 0.3) is 0 Å². The van der Waals surface area contributed by atoms with Crippen LogP contribution in [0.15, 0.2) is 328 Å². The Morgan fingerprint density at radius 1 is 0.246 bits per heavy atom. The Balaban J connectivity index is 0.000000122. The van der Waals surface area contributed by atoms with Crippen LogP contribution in [0, 0.1) is 0 Å². The number of hydrogen-bond donors (Lipinski definition) is 0. The van der Waals surface area contributed by atoms with E-state index in [1.54, 1.807) is 0 Å². The monoisotopic (exact) mass is 1500 g/mol. The second-order valence-corrected chi connectivity index (χ2v) is 32.4. The van der Waals surface area contributed by atoms with Crippen LogP contribution in [0.25, 0.3) is 146 Å². The van der Waals surface area contributed by atoms with E-state index in [0.717, 1.165) is 65.9 Å². The zero-order chi connectivity index (χ0) is 77.0. The Morgan fingerprint density at radius 3 is 0.974 bits per heavy atom. The zero-order valence-electron chi connectivity index (χ0n) is 64.7. The highest BCUT2D eigenvalue weighted by Gasteiger charge is 2.54. The molecule has 2 aromatic heterocycles. The van der Waals surface area contributed by atoms with Crippen LogP contribution in [0.1, 0.15) is 114 Å². The molecule has 8 nitrogen and oxygen atoms in total. The summed E-state index contributed by atoms with van der Waals surface area (Å²) >= 11 is 6.43. The molecule has 2 saturated carbocycles. The summed E-state index contributed by atoms with van der Waals surface area (Å²) in [6.07, 6.45) is 12.9. The first-order valence-electron chi connectivity index (χ1n) is 40.4. The maximum atomic E-state index is 6.44. The molecule has 10 heteroatoms. The van der Waals surface area contributed by atoms with Crippen molar-refractivity contribution >= 4 is 45.7 Å². The fourth-order valence-electron chi connectivity index (χ4n) is 18.6. The Kier molecular flexibility index (Phi) is 19.1. The molecule has 14 aromatic carbocycles. The van der Waals surface area contributed by atoms with E-state index in [1.165, 1.54) is 142 Å². The molecule has 4 aliphatic carbocycles. The van der Waals surface area contributed by atoms with Crippen LogP contribution in [0.4, 0.5) is 0 Å². The lowest BCUT2D eigenvalue weighted by Gasteiger charge is -2.36. The number of rotatable bonds is 10. The molecular weight excluding hydrogens is 1410 g/mol. The van der Waals surface area contributed by atoms with Crippen LogP contribution in [0.2, 0.25) is 5.02 Å². The molecule has 0 amide bonds. The van der Waals surface area contributed by atoms with Crippen molar-refractivity contribution in [2.24, 2.45) is 0 Å². The summed E-state index contributed by atoms with van der Waals surface area (Å²) < 4.78 is 12.9. The minimum absolute atomic E-state index is 0.139. The minimum atomic E-state index is -0.318. The average molecular weight is 1500 g/mol. The summed E-state index contributed by atoms with van der Waals surface area (Å²) in [4.78, 5) is 29.2. The van der Waals surface area contributed by atoms with Crippen LogP contribution in [0.3, 0.4) is 0 Å². The second kappa shape index (κ2) is 30.1. The van der Waals surface area contributed by atoms with Crippen molar-refractivity contribution in [1.29, 1.82) is 0 Å². The molecule has 0 bridgehead atoms. The number of halogens is 1. The highest BCUT2D eigenvalue weighted by Crippen LogP contribution is 2.59. The molecule has 3 fully saturated rings. The van der Waals surface area contributed by atoms with Gasteiger partial charge in [-0.2, -0.15) is 0 Å². The SMILES string of the molecule is CC1(C)OB(c2cccc3c2-c2ccccc2C32CCCCC2)OC1(C)C.Clc1ccc(-c2ccc(-c3nc(-c4ccccc4)nc(-c4ccccc4)n3)cc2)c2ccccc12.c1ccc(-c2nc(-c3ccccc3)nc(-c3ccc(-c4ccc(-c5cccc6c5-c5ccccc5C65CCCCC5)c5ccccc45)cc3)n2)cc1. The molecule has 114 heavy (non-hydrogen) atoms. The maximum Gasteiger partial charge on any atom is 0.495 e. The minimum Gasteiger partial charge on any atom is -0.399 e. The first-order valence-corrected chi connectivity index (χ1v) is 40.7. The predicted octanol–water partition coefficient (Wildman–Crippen LogP) is 26.2. The number of fused-ring (bicyclic) bond motifs is 12. The average Bonchev–Trinajstić information content (AvgIpc) is 1.55. The van der Waals surface area contributed by atoms with Crippen LogP contribution in [-0.4, -0.2) is 48.2 Å². The number of hydrogen-bond acceptors (Lipinski definition) is 8. The molecule has 5 aliphatic rings. The summed E-state index contributed by atoms with van der Waals surface area (Å²) in [7, 11) is -0.309. The van der Waals surface area contributed by atoms with Crippen molar-refractivity contribution in [2.45, 2.75) is 114 Å². The van der Waals surface area contributed by atoms with Gasteiger partial charge in [-0.25, -0.2) is 29.9 Å². The van der Waals surface area contributed by atoms with E-state index in [0.29, 0.717) is 34.9 Å². The van der Waals surface area contributed by atoms with Gasteiger partial charge in [0.05, 0.1) is 11.2 Å². The summed E-state index contributed by atoms with van der Waals surface area (Å²) in [5.41, 5.74) is 25.6.